The molecule has 0 radical (unpaired) electrons. The number of hydrogen-bond acceptors (Lipinski definition) is 7. The average molecular weight is 443 g/mol. The van der Waals surface area contributed by atoms with Crippen LogP contribution >= 0.6 is 23.1 Å². The van der Waals surface area contributed by atoms with Gasteiger partial charge in [0.1, 0.15) is 5.75 Å². The minimum Gasteiger partial charge on any atom is -0.497 e. The van der Waals surface area contributed by atoms with Crippen molar-refractivity contribution >= 4 is 34.1 Å². The van der Waals surface area contributed by atoms with E-state index in [0.29, 0.717) is 18.8 Å². The Bertz CT molecular complexity index is 943. The van der Waals surface area contributed by atoms with Crippen LogP contribution in [0.3, 0.4) is 0 Å². The summed E-state index contributed by atoms with van der Waals surface area (Å²) in [5.74, 6) is 1.25. The number of amides is 1. The fourth-order valence-electron chi connectivity index (χ4n) is 2.74. The van der Waals surface area contributed by atoms with Crippen molar-refractivity contribution in [3.8, 4) is 5.75 Å². The van der Waals surface area contributed by atoms with Crippen LogP contribution in [-0.4, -0.2) is 40.9 Å². The van der Waals surface area contributed by atoms with E-state index >= 15 is 0 Å². The normalized spacial score (nSPS) is 10.6. The third-order valence-electron chi connectivity index (χ3n) is 4.61. The van der Waals surface area contributed by atoms with Crippen molar-refractivity contribution in [1.82, 2.24) is 15.1 Å². The first-order chi connectivity index (χ1) is 14.6. The molecule has 1 aromatic heterocycles. The van der Waals surface area contributed by atoms with Crippen LogP contribution in [0.25, 0.3) is 0 Å². The fourth-order valence-corrected chi connectivity index (χ4v) is 4.42. The number of thioether (sulfide) groups is 1. The van der Waals surface area contributed by atoms with E-state index in [1.54, 1.807) is 12.0 Å². The number of nitrogens with zero attached hydrogens (tertiary/aromatic N) is 3. The average Bonchev–Trinajstić information content (AvgIpc) is 3.24. The fraction of sp³-hybridized carbons (Fsp3) is 0.318. The Morgan fingerprint density at radius 3 is 2.40 bits per heavy atom. The maximum atomic E-state index is 12.4. The van der Waals surface area contributed by atoms with Crippen LogP contribution < -0.4 is 10.1 Å². The molecule has 8 heteroatoms. The molecular formula is C22H26N4O2S2. The highest BCUT2D eigenvalue weighted by atomic mass is 32.2. The van der Waals surface area contributed by atoms with Crippen LogP contribution in [-0.2, 0) is 24.3 Å². The van der Waals surface area contributed by atoms with Crippen LogP contribution in [0.5, 0.6) is 5.75 Å². The highest BCUT2D eigenvalue weighted by molar-refractivity contribution is 8.01. The van der Waals surface area contributed by atoms with E-state index in [2.05, 4.69) is 46.7 Å². The van der Waals surface area contributed by atoms with E-state index in [-0.39, 0.29) is 5.91 Å². The Labute approximate surface area is 185 Å². The number of anilines is 1. The SMILES string of the molecule is CCc1ccc(CN(C)C(=O)CSc2nnc(NCc3ccc(OC)cc3)s2)cc1. The predicted molar refractivity (Wildman–Crippen MR) is 123 cm³/mol. The number of hydrogen-bond donors (Lipinski definition) is 1. The largest absolute Gasteiger partial charge is 0.497 e. The number of ether oxygens (including phenoxy) is 1. The lowest BCUT2D eigenvalue weighted by atomic mass is 10.1. The van der Waals surface area contributed by atoms with Gasteiger partial charge in [0.25, 0.3) is 0 Å². The standard InChI is InChI=1S/C22H26N4O2S2/c1-4-16-5-7-18(8-6-16)14-26(2)20(27)15-29-22-25-24-21(30-22)23-13-17-9-11-19(28-3)12-10-17/h5-12H,4,13-15H2,1-3H3,(H,23,24). The Kier molecular flexibility index (Phi) is 8.10. The van der Waals surface area contributed by atoms with Gasteiger partial charge in [-0.05, 0) is 35.2 Å². The summed E-state index contributed by atoms with van der Waals surface area (Å²) in [6.45, 7) is 3.39. The van der Waals surface area contributed by atoms with Crippen molar-refractivity contribution in [3.63, 3.8) is 0 Å². The Hall–Kier alpha value is -2.58. The van der Waals surface area contributed by atoms with Gasteiger partial charge in [0.2, 0.25) is 11.0 Å². The highest BCUT2D eigenvalue weighted by Crippen LogP contribution is 2.26. The molecule has 1 heterocycles. The van der Waals surface area contributed by atoms with Crippen LogP contribution in [0.15, 0.2) is 52.9 Å². The molecule has 2 aromatic carbocycles. The number of methoxy groups -OCH3 is 1. The van der Waals surface area contributed by atoms with Crippen molar-refractivity contribution in [1.29, 1.82) is 0 Å². The molecule has 0 spiro atoms. The molecule has 0 unspecified atom stereocenters. The maximum absolute atomic E-state index is 12.4. The molecule has 0 aliphatic heterocycles. The number of benzene rings is 2. The summed E-state index contributed by atoms with van der Waals surface area (Å²) in [4.78, 5) is 14.2. The third kappa shape index (κ3) is 6.47. The second-order valence-corrected chi connectivity index (χ2v) is 8.98. The van der Waals surface area contributed by atoms with Crippen molar-refractivity contribution in [2.45, 2.75) is 30.8 Å². The van der Waals surface area contributed by atoms with Crippen LogP contribution in [0.1, 0.15) is 23.6 Å². The first-order valence-corrected chi connectivity index (χ1v) is 11.5. The maximum Gasteiger partial charge on any atom is 0.233 e. The van der Waals surface area contributed by atoms with Gasteiger partial charge in [-0.2, -0.15) is 0 Å². The molecule has 0 aliphatic rings. The highest BCUT2D eigenvalue weighted by Gasteiger charge is 2.12. The smallest absolute Gasteiger partial charge is 0.233 e. The third-order valence-corrected chi connectivity index (χ3v) is 6.60. The second-order valence-electron chi connectivity index (χ2n) is 6.78. The quantitative estimate of drug-likeness (QED) is 0.467. The minimum atomic E-state index is 0.0718. The summed E-state index contributed by atoms with van der Waals surface area (Å²) >= 11 is 2.87. The lowest BCUT2D eigenvalue weighted by molar-refractivity contribution is -0.127. The van der Waals surface area contributed by atoms with E-state index in [0.717, 1.165) is 32.8 Å². The molecule has 1 amide bonds. The summed E-state index contributed by atoms with van der Waals surface area (Å²) in [6, 6.07) is 16.3. The number of carbonyl (C=O) groups excluding carboxylic acids is 1. The number of aryl methyl sites for hydroxylation is 1. The minimum absolute atomic E-state index is 0.0718. The summed E-state index contributed by atoms with van der Waals surface area (Å²) in [5.41, 5.74) is 3.56. The second kappa shape index (κ2) is 11.0. The molecule has 0 saturated heterocycles. The van der Waals surface area contributed by atoms with E-state index in [1.807, 2.05) is 31.3 Å². The molecule has 6 nitrogen and oxygen atoms in total. The Morgan fingerprint density at radius 2 is 1.73 bits per heavy atom. The lowest BCUT2D eigenvalue weighted by Gasteiger charge is -2.17. The monoisotopic (exact) mass is 442 g/mol. The van der Waals surface area contributed by atoms with Gasteiger partial charge < -0.3 is 15.0 Å². The van der Waals surface area contributed by atoms with Gasteiger partial charge in [0.05, 0.1) is 12.9 Å². The molecule has 1 N–H and O–H groups in total. The van der Waals surface area contributed by atoms with Crippen molar-refractivity contribution in [2.75, 3.05) is 25.2 Å². The molecule has 0 aliphatic carbocycles. The van der Waals surface area contributed by atoms with Gasteiger partial charge in [-0.3, -0.25) is 4.79 Å². The molecule has 3 aromatic rings. The molecule has 0 atom stereocenters. The Balaban J connectivity index is 1.43. The molecule has 3 rings (SSSR count). The number of carbonyl (C=O) groups is 1. The van der Waals surface area contributed by atoms with Crippen molar-refractivity contribution in [2.24, 2.45) is 0 Å². The van der Waals surface area contributed by atoms with Gasteiger partial charge >= 0.3 is 0 Å². The van der Waals surface area contributed by atoms with Crippen LogP contribution in [0.2, 0.25) is 0 Å². The van der Waals surface area contributed by atoms with Gasteiger partial charge in [-0.25, -0.2) is 0 Å². The van der Waals surface area contributed by atoms with Crippen LogP contribution in [0, 0.1) is 0 Å². The zero-order chi connectivity index (χ0) is 21.3. The van der Waals surface area contributed by atoms with Gasteiger partial charge in [0.15, 0.2) is 4.34 Å². The molecule has 0 bridgehead atoms. The lowest BCUT2D eigenvalue weighted by Crippen LogP contribution is -2.27. The van der Waals surface area contributed by atoms with Crippen molar-refractivity contribution < 1.29 is 9.53 Å². The van der Waals surface area contributed by atoms with E-state index in [1.165, 1.54) is 28.7 Å². The van der Waals surface area contributed by atoms with Gasteiger partial charge in [-0.15, -0.1) is 10.2 Å². The molecule has 30 heavy (non-hydrogen) atoms. The molecule has 0 fully saturated rings. The van der Waals surface area contributed by atoms with Crippen LogP contribution in [0.4, 0.5) is 5.13 Å². The zero-order valence-electron chi connectivity index (χ0n) is 17.4. The van der Waals surface area contributed by atoms with E-state index < -0.39 is 0 Å². The Morgan fingerprint density at radius 1 is 1.07 bits per heavy atom. The summed E-state index contributed by atoms with van der Waals surface area (Å²) in [6.07, 6.45) is 1.02. The zero-order valence-corrected chi connectivity index (χ0v) is 19.1. The number of nitrogens with one attached hydrogen (secondary N) is 1. The number of rotatable bonds is 10. The van der Waals surface area contributed by atoms with E-state index in [4.69, 9.17) is 4.74 Å². The summed E-state index contributed by atoms with van der Waals surface area (Å²) in [5, 5.41) is 12.3. The van der Waals surface area contributed by atoms with E-state index in [9.17, 15) is 4.79 Å². The predicted octanol–water partition coefficient (Wildman–Crippen LogP) is 4.47. The molecule has 0 saturated carbocycles. The van der Waals surface area contributed by atoms with Crippen molar-refractivity contribution in [3.05, 3.63) is 65.2 Å². The topological polar surface area (TPSA) is 67.4 Å². The molecular weight excluding hydrogens is 416 g/mol. The number of aromatic nitrogens is 2. The van der Waals surface area contributed by atoms with Gasteiger partial charge in [-0.1, -0.05) is 66.4 Å². The summed E-state index contributed by atoms with van der Waals surface area (Å²) < 4.78 is 5.95. The molecule has 158 valence electrons. The van der Waals surface area contributed by atoms with Gasteiger partial charge in [0, 0.05) is 20.1 Å². The first-order valence-electron chi connectivity index (χ1n) is 9.72. The summed E-state index contributed by atoms with van der Waals surface area (Å²) in [7, 11) is 3.48. The first kappa shape index (κ1) is 22.1.